The normalized spacial score (nSPS) is 19.6. The maximum absolute atomic E-state index is 13.2. The number of hydrogen-bond acceptors (Lipinski definition) is 3. The molecule has 1 saturated carbocycles. The zero-order chi connectivity index (χ0) is 17.2. The Hall–Kier alpha value is -2.11. The van der Waals surface area contributed by atoms with Gasteiger partial charge in [0.15, 0.2) is 0 Å². The van der Waals surface area contributed by atoms with E-state index in [4.69, 9.17) is 4.74 Å². The van der Waals surface area contributed by atoms with E-state index < -0.39 is 5.41 Å². The minimum Gasteiger partial charge on any atom is -0.450 e. The van der Waals surface area contributed by atoms with Crippen LogP contribution in [0.5, 0.6) is 0 Å². The summed E-state index contributed by atoms with van der Waals surface area (Å²) in [5.74, 6) is -0.187. The largest absolute Gasteiger partial charge is 0.450 e. The first-order valence-corrected chi connectivity index (χ1v) is 8.54. The molecule has 0 radical (unpaired) electrons. The number of nitrogens with zero attached hydrogens (tertiary/aromatic N) is 2. The summed E-state index contributed by atoms with van der Waals surface area (Å²) in [6.07, 6.45) is 2.29. The highest BCUT2D eigenvalue weighted by atomic mass is 19.1. The number of amides is 2. The molecule has 24 heavy (non-hydrogen) atoms. The lowest BCUT2D eigenvalue weighted by Gasteiger charge is -2.46. The van der Waals surface area contributed by atoms with Crippen molar-refractivity contribution in [2.45, 2.75) is 31.6 Å². The topological polar surface area (TPSA) is 49.9 Å². The number of ether oxygens (including phenoxy) is 1. The van der Waals surface area contributed by atoms with E-state index in [0.717, 1.165) is 24.8 Å². The van der Waals surface area contributed by atoms with Gasteiger partial charge in [-0.15, -0.1) is 0 Å². The van der Waals surface area contributed by atoms with E-state index in [1.54, 1.807) is 24.0 Å². The van der Waals surface area contributed by atoms with Crippen LogP contribution in [0.25, 0.3) is 0 Å². The molecule has 130 valence electrons. The molecule has 1 aromatic rings. The molecule has 1 aliphatic carbocycles. The minimum absolute atomic E-state index is 0.101. The third-order valence-corrected chi connectivity index (χ3v) is 5.11. The van der Waals surface area contributed by atoms with E-state index in [9.17, 15) is 14.0 Å². The molecule has 0 bridgehead atoms. The third-order valence-electron chi connectivity index (χ3n) is 5.11. The van der Waals surface area contributed by atoms with Crippen molar-refractivity contribution >= 4 is 12.0 Å². The van der Waals surface area contributed by atoms with Crippen molar-refractivity contribution in [3.05, 3.63) is 35.6 Å². The van der Waals surface area contributed by atoms with Gasteiger partial charge in [0.2, 0.25) is 5.91 Å². The van der Waals surface area contributed by atoms with Crippen molar-refractivity contribution in [3.8, 4) is 0 Å². The molecule has 0 unspecified atom stereocenters. The molecule has 0 spiro atoms. The smallest absolute Gasteiger partial charge is 0.409 e. The van der Waals surface area contributed by atoms with Crippen LogP contribution in [0, 0.1) is 5.82 Å². The molecular weight excluding hydrogens is 311 g/mol. The number of carbonyl (C=O) groups excluding carboxylic acids is 2. The predicted molar refractivity (Wildman–Crippen MR) is 87.1 cm³/mol. The third kappa shape index (κ3) is 2.97. The number of carbonyl (C=O) groups is 2. The minimum atomic E-state index is -0.514. The number of hydrogen-bond donors (Lipinski definition) is 0. The molecule has 1 aliphatic heterocycles. The Bertz CT molecular complexity index is 605. The maximum Gasteiger partial charge on any atom is 0.409 e. The van der Waals surface area contributed by atoms with Crippen LogP contribution in [-0.2, 0) is 14.9 Å². The molecule has 3 rings (SSSR count). The van der Waals surface area contributed by atoms with Crippen LogP contribution in [0.2, 0.25) is 0 Å². The van der Waals surface area contributed by atoms with Gasteiger partial charge in [0.25, 0.3) is 0 Å². The summed E-state index contributed by atoms with van der Waals surface area (Å²) < 4.78 is 18.2. The highest BCUT2D eigenvalue weighted by Crippen LogP contribution is 2.45. The van der Waals surface area contributed by atoms with E-state index in [2.05, 4.69) is 0 Å². The number of halogens is 1. The Kier molecular flexibility index (Phi) is 4.73. The zero-order valence-corrected chi connectivity index (χ0v) is 14.0. The number of benzene rings is 1. The van der Waals surface area contributed by atoms with E-state index in [0.29, 0.717) is 32.8 Å². The van der Waals surface area contributed by atoms with Crippen LogP contribution in [-0.4, -0.2) is 54.6 Å². The summed E-state index contributed by atoms with van der Waals surface area (Å²) >= 11 is 0. The van der Waals surface area contributed by atoms with Gasteiger partial charge in [-0.2, -0.15) is 0 Å². The fourth-order valence-corrected chi connectivity index (χ4v) is 3.53. The highest BCUT2D eigenvalue weighted by molar-refractivity contribution is 5.89. The van der Waals surface area contributed by atoms with Gasteiger partial charge < -0.3 is 14.5 Å². The summed E-state index contributed by atoms with van der Waals surface area (Å²) in [7, 11) is 0. The molecule has 6 heteroatoms. The number of piperazine rings is 1. The Morgan fingerprint density at radius 1 is 1.08 bits per heavy atom. The Labute approximate surface area is 141 Å². The second kappa shape index (κ2) is 6.79. The standard InChI is InChI=1S/C18H23FN2O3/c1-2-24-17(23)21-12-10-20(11-13-21)16(22)18(8-3-9-18)14-4-6-15(19)7-5-14/h4-7H,2-3,8-13H2,1H3. The molecule has 2 aliphatic rings. The van der Waals surface area contributed by atoms with Crippen LogP contribution >= 0.6 is 0 Å². The average molecular weight is 334 g/mol. The molecule has 2 fully saturated rings. The van der Waals surface area contributed by atoms with Crippen LogP contribution in [0.15, 0.2) is 24.3 Å². The first-order chi connectivity index (χ1) is 11.6. The molecule has 1 aromatic carbocycles. The summed E-state index contributed by atoms with van der Waals surface area (Å²) in [5, 5.41) is 0. The van der Waals surface area contributed by atoms with Crippen LogP contribution < -0.4 is 0 Å². The van der Waals surface area contributed by atoms with Gasteiger partial charge in [0.05, 0.1) is 12.0 Å². The van der Waals surface area contributed by atoms with E-state index >= 15 is 0 Å². The average Bonchev–Trinajstić information content (AvgIpc) is 2.56. The first-order valence-electron chi connectivity index (χ1n) is 8.54. The second-order valence-corrected chi connectivity index (χ2v) is 6.42. The lowest BCUT2D eigenvalue weighted by atomic mass is 9.63. The van der Waals surface area contributed by atoms with Crippen molar-refractivity contribution in [2.75, 3.05) is 32.8 Å². The highest BCUT2D eigenvalue weighted by Gasteiger charge is 2.48. The first kappa shape index (κ1) is 16.7. The molecule has 0 atom stereocenters. The monoisotopic (exact) mass is 334 g/mol. The molecule has 1 saturated heterocycles. The summed E-state index contributed by atoms with van der Waals surface area (Å²) in [4.78, 5) is 28.3. The van der Waals surface area contributed by atoms with Gasteiger partial charge >= 0.3 is 6.09 Å². The van der Waals surface area contributed by atoms with Crippen molar-refractivity contribution < 1.29 is 18.7 Å². The van der Waals surface area contributed by atoms with Gasteiger partial charge in [0, 0.05) is 26.2 Å². The molecular formula is C18H23FN2O3. The fraction of sp³-hybridized carbons (Fsp3) is 0.556. The predicted octanol–water partition coefficient (Wildman–Crippen LogP) is 2.55. The van der Waals surface area contributed by atoms with Crippen LogP contribution in [0.3, 0.4) is 0 Å². The zero-order valence-electron chi connectivity index (χ0n) is 14.0. The quantitative estimate of drug-likeness (QED) is 0.853. The van der Waals surface area contributed by atoms with E-state index in [1.807, 2.05) is 4.90 Å². The Morgan fingerprint density at radius 2 is 1.67 bits per heavy atom. The van der Waals surface area contributed by atoms with Crippen molar-refractivity contribution in [1.82, 2.24) is 9.80 Å². The van der Waals surface area contributed by atoms with Gasteiger partial charge in [-0.05, 0) is 37.5 Å². The molecule has 0 aromatic heterocycles. The Balaban J connectivity index is 1.68. The van der Waals surface area contributed by atoms with Crippen LogP contribution in [0.4, 0.5) is 9.18 Å². The van der Waals surface area contributed by atoms with Gasteiger partial charge in [0.1, 0.15) is 5.82 Å². The SMILES string of the molecule is CCOC(=O)N1CCN(C(=O)C2(c3ccc(F)cc3)CCC2)CC1. The summed E-state index contributed by atoms with van der Waals surface area (Å²) in [5.41, 5.74) is 0.382. The van der Waals surface area contributed by atoms with Crippen molar-refractivity contribution in [1.29, 1.82) is 0 Å². The van der Waals surface area contributed by atoms with Crippen molar-refractivity contribution in [3.63, 3.8) is 0 Å². The second-order valence-electron chi connectivity index (χ2n) is 6.42. The van der Waals surface area contributed by atoms with Gasteiger partial charge in [-0.3, -0.25) is 4.79 Å². The van der Waals surface area contributed by atoms with Gasteiger partial charge in [-0.25, -0.2) is 9.18 Å². The molecule has 1 heterocycles. The van der Waals surface area contributed by atoms with Gasteiger partial charge in [-0.1, -0.05) is 18.6 Å². The Morgan fingerprint density at radius 3 is 2.17 bits per heavy atom. The molecule has 5 nitrogen and oxygen atoms in total. The molecule has 0 N–H and O–H groups in total. The molecule has 2 amide bonds. The fourth-order valence-electron chi connectivity index (χ4n) is 3.53. The lowest BCUT2D eigenvalue weighted by Crippen LogP contribution is -2.57. The number of rotatable bonds is 3. The van der Waals surface area contributed by atoms with E-state index in [-0.39, 0.29) is 17.8 Å². The summed E-state index contributed by atoms with van der Waals surface area (Å²) in [6, 6.07) is 6.28. The maximum atomic E-state index is 13.2. The summed E-state index contributed by atoms with van der Waals surface area (Å²) in [6.45, 7) is 4.14. The van der Waals surface area contributed by atoms with Crippen LogP contribution in [0.1, 0.15) is 31.7 Å². The van der Waals surface area contributed by atoms with Crippen molar-refractivity contribution in [2.24, 2.45) is 0 Å². The lowest BCUT2D eigenvalue weighted by molar-refractivity contribution is -0.142. The van der Waals surface area contributed by atoms with E-state index in [1.165, 1.54) is 12.1 Å².